The molecule has 6 heteroatoms. The van der Waals surface area contributed by atoms with Crippen LogP contribution in [0.1, 0.15) is 12.0 Å². The lowest BCUT2D eigenvalue weighted by Crippen LogP contribution is -2.15. The molecule has 0 spiro atoms. The first-order chi connectivity index (χ1) is 6.97. The first-order valence-electron chi connectivity index (χ1n) is 4.21. The monoisotopic (exact) mass is 217 g/mol. The van der Waals surface area contributed by atoms with Crippen LogP contribution in [0.2, 0.25) is 0 Å². The predicted octanol–water partition coefficient (Wildman–Crippen LogP) is 2.07. The minimum Gasteiger partial charge on any atom is -0.396 e. The quantitative estimate of drug-likeness (QED) is 0.620. The van der Waals surface area contributed by atoms with Crippen molar-refractivity contribution in [3.63, 3.8) is 0 Å². The first kappa shape index (κ1) is 11.5. The molecular formula is C9H9F2NO3. The molecule has 0 radical (unpaired) electrons. The fourth-order valence-electron chi connectivity index (χ4n) is 1.11. The molecule has 1 aromatic carbocycles. The van der Waals surface area contributed by atoms with Crippen LogP contribution in [-0.2, 0) is 5.92 Å². The normalized spacial score (nSPS) is 11.4. The van der Waals surface area contributed by atoms with Gasteiger partial charge in [0.05, 0.1) is 4.92 Å². The van der Waals surface area contributed by atoms with Crippen molar-refractivity contribution in [2.75, 3.05) is 6.61 Å². The van der Waals surface area contributed by atoms with Crippen molar-refractivity contribution in [3.8, 4) is 0 Å². The Morgan fingerprint density at radius 3 is 2.27 bits per heavy atom. The van der Waals surface area contributed by atoms with Crippen LogP contribution in [0.4, 0.5) is 14.5 Å². The first-order valence-corrected chi connectivity index (χ1v) is 4.21. The lowest BCUT2D eigenvalue weighted by molar-refractivity contribution is -0.384. The van der Waals surface area contributed by atoms with Gasteiger partial charge >= 0.3 is 0 Å². The van der Waals surface area contributed by atoms with Crippen LogP contribution < -0.4 is 0 Å². The Kier molecular flexibility index (Phi) is 3.31. The number of halogens is 2. The molecule has 0 aliphatic rings. The van der Waals surface area contributed by atoms with E-state index in [2.05, 4.69) is 0 Å². The Labute approximate surface area is 84.3 Å². The van der Waals surface area contributed by atoms with Gasteiger partial charge in [0.25, 0.3) is 11.6 Å². The maximum Gasteiger partial charge on any atom is 0.275 e. The van der Waals surface area contributed by atoms with Gasteiger partial charge < -0.3 is 5.11 Å². The SMILES string of the molecule is O=[N+]([O-])c1ccc(C(F)(F)CCO)cc1. The Balaban J connectivity index is 2.93. The van der Waals surface area contributed by atoms with E-state index in [1.165, 1.54) is 0 Å². The highest BCUT2D eigenvalue weighted by molar-refractivity contribution is 5.34. The number of non-ortho nitro benzene ring substituents is 1. The van der Waals surface area contributed by atoms with Crippen LogP contribution in [0.5, 0.6) is 0 Å². The van der Waals surface area contributed by atoms with E-state index >= 15 is 0 Å². The molecular weight excluding hydrogens is 208 g/mol. The Morgan fingerprint density at radius 1 is 1.33 bits per heavy atom. The second-order valence-corrected chi connectivity index (χ2v) is 2.98. The van der Waals surface area contributed by atoms with Crippen molar-refractivity contribution in [2.45, 2.75) is 12.3 Å². The van der Waals surface area contributed by atoms with Gasteiger partial charge in [0.1, 0.15) is 0 Å². The molecule has 82 valence electrons. The molecule has 15 heavy (non-hydrogen) atoms. The average molecular weight is 217 g/mol. The molecule has 0 fully saturated rings. The largest absolute Gasteiger partial charge is 0.396 e. The molecule has 0 unspecified atom stereocenters. The molecule has 0 aliphatic carbocycles. The second kappa shape index (κ2) is 4.31. The van der Waals surface area contributed by atoms with Crippen LogP contribution >= 0.6 is 0 Å². The zero-order chi connectivity index (χ0) is 11.5. The third-order valence-electron chi connectivity index (χ3n) is 1.93. The highest BCUT2D eigenvalue weighted by atomic mass is 19.3. The van der Waals surface area contributed by atoms with E-state index in [4.69, 9.17) is 5.11 Å². The topological polar surface area (TPSA) is 63.4 Å². The lowest BCUT2D eigenvalue weighted by atomic mass is 10.1. The molecule has 1 rings (SSSR count). The van der Waals surface area contributed by atoms with Crippen molar-refractivity contribution >= 4 is 5.69 Å². The van der Waals surface area contributed by atoms with Gasteiger partial charge in [-0.05, 0) is 12.1 Å². The fourth-order valence-corrected chi connectivity index (χ4v) is 1.11. The summed E-state index contributed by atoms with van der Waals surface area (Å²) in [6.07, 6.45) is -0.690. The van der Waals surface area contributed by atoms with Gasteiger partial charge in [0, 0.05) is 30.7 Å². The summed E-state index contributed by atoms with van der Waals surface area (Å²) in [5.74, 6) is -3.15. The number of nitro groups is 1. The van der Waals surface area contributed by atoms with Crippen molar-refractivity contribution < 1.29 is 18.8 Å². The summed E-state index contributed by atoms with van der Waals surface area (Å²) in [5.41, 5.74) is -0.569. The van der Waals surface area contributed by atoms with Crippen LogP contribution in [0.15, 0.2) is 24.3 Å². The Morgan fingerprint density at radius 2 is 1.87 bits per heavy atom. The van der Waals surface area contributed by atoms with Gasteiger partial charge in [-0.25, -0.2) is 8.78 Å². The molecule has 1 aromatic rings. The maximum atomic E-state index is 13.2. The molecule has 0 aromatic heterocycles. The summed E-state index contributed by atoms with van der Waals surface area (Å²) in [7, 11) is 0. The van der Waals surface area contributed by atoms with E-state index < -0.39 is 23.9 Å². The van der Waals surface area contributed by atoms with E-state index in [0.29, 0.717) is 0 Å². The highest BCUT2D eigenvalue weighted by Gasteiger charge is 2.30. The number of alkyl halides is 2. The minimum atomic E-state index is -3.15. The Hall–Kier alpha value is -1.56. The molecule has 4 nitrogen and oxygen atoms in total. The number of nitro benzene ring substituents is 1. The van der Waals surface area contributed by atoms with Crippen molar-refractivity contribution in [1.82, 2.24) is 0 Å². The zero-order valence-corrected chi connectivity index (χ0v) is 7.69. The van der Waals surface area contributed by atoms with Crippen molar-refractivity contribution in [2.24, 2.45) is 0 Å². The molecule has 1 N–H and O–H groups in total. The molecule has 0 aliphatic heterocycles. The summed E-state index contributed by atoms with van der Waals surface area (Å²) in [6, 6.07) is 4.02. The van der Waals surface area contributed by atoms with Crippen LogP contribution in [0, 0.1) is 10.1 Å². The van der Waals surface area contributed by atoms with E-state index in [0.717, 1.165) is 24.3 Å². The summed E-state index contributed by atoms with van der Waals surface area (Å²) in [4.78, 5) is 9.61. The molecule has 0 saturated heterocycles. The predicted molar refractivity (Wildman–Crippen MR) is 48.7 cm³/mol. The van der Waals surface area contributed by atoms with Gasteiger partial charge in [0.2, 0.25) is 0 Å². The Bertz CT molecular complexity index is 351. The van der Waals surface area contributed by atoms with Crippen LogP contribution in [0.25, 0.3) is 0 Å². The number of benzene rings is 1. The number of nitrogens with zero attached hydrogens (tertiary/aromatic N) is 1. The molecule has 0 heterocycles. The highest BCUT2D eigenvalue weighted by Crippen LogP contribution is 2.32. The molecule has 0 bridgehead atoms. The summed E-state index contributed by atoms with van der Waals surface area (Å²) >= 11 is 0. The fraction of sp³-hybridized carbons (Fsp3) is 0.333. The van der Waals surface area contributed by atoms with Crippen molar-refractivity contribution in [1.29, 1.82) is 0 Å². The maximum absolute atomic E-state index is 13.2. The number of aliphatic hydroxyl groups is 1. The van der Waals surface area contributed by atoms with Gasteiger partial charge in [-0.15, -0.1) is 0 Å². The van der Waals surface area contributed by atoms with Gasteiger partial charge in [-0.2, -0.15) is 0 Å². The second-order valence-electron chi connectivity index (χ2n) is 2.98. The number of hydrogen-bond acceptors (Lipinski definition) is 3. The average Bonchev–Trinajstić information content (AvgIpc) is 2.18. The van der Waals surface area contributed by atoms with Crippen molar-refractivity contribution in [3.05, 3.63) is 39.9 Å². The van der Waals surface area contributed by atoms with E-state index in [1.807, 2.05) is 0 Å². The molecule has 0 saturated carbocycles. The molecule has 0 atom stereocenters. The lowest BCUT2D eigenvalue weighted by Gasteiger charge is -2.14. The summed E-state index contributed by atoms with van der Waals surface area (Å²) in [6.45, 7) is -0.635. The number of rotatable bonds is 4. The summed E-state index contributed by atoms with van der Waals surface area (Å²) in [5, 5.41) is 18.7. The number of aliphatic hydroxyl groups excluding tert-OH is 1. The van der Waals surface area contributed by atoms with Gasteiger partial charge in [-0.1, -0.05) is 0 Å². The van der Waals surface area contributed by atoms with E-state index in [-0.39, 0.29) is 11.3 Å². The number of hydrogen-bond donors (Lipinski definition) is 1. The smallest absolute Gasteiger partial charge is 0.275 e. The third kappa shape index (κ3) is 2.69. The van der Waals surface area contributed by atoms with Gasteiger partial charge in [-0.3, -0.25) is 10.1 Å². The third-order valence-corrected chi connectivity index (χ3v) is 1.93. The standard InChI is InChI=1S/C9H9F2NO3/c10-9(11,5-6-13)7-1-3-8(4-2-7)12(14)15/h1-4,13H,5-6H2. The minimum absolute atomic E-state index is 0.237. The van der Waals surface area contributed by atoms with E-state index in [9.17, 15) is 18.9 Å². The van der Waals surface area contributed by atoms with Crippen LogP contribution in [-0.4, -0.2) is 16.6 Å². The van der Waals surface area contributed by atoms with Crippen LogP contribution in [0.3, 0.4) is 0 Å². The zero-order valence-electron chi connectivity index (χ0n) is 7.69. The van der Waals surface area contributed by atoms with E-state index in [1.54, 1.807) is 0 Å². The molecule has 0 amide bonds. The van der Waals surface area contributed by atoms with Gasteiger partial charge in [0.15, 0.2) is 0 Å². The summed E-state index contributed by atoms with van der Waals surface area (Å²) < 4.78 is 26.3.